The molecule has 136 valence electrons. The predicted molar refractivity (Wildman–Crippen MR) is 94.9 cm³/mol. The molecular weight excluding hydrogens is 367 g/mol. The Morgan fingerprint density at radius 3 is 2.44 bits per heavy atom. The number of amides is 3. The summed E-state index contributed by atoms with van der Waals surface area (Å²) in [5.41, 5.74) is -0.936. The van der Waals surface area contributed by atoms with Crippen LogP contribution in [-0.2, 0) is 9.59 Å². The molecule has 1 N–H and O–H groups in total. The topological polar surface area (TPSA) is 75.7 Å². The summed E-state index contributed by atoms with van der Waals surface area (Å²) < 4.78 is 5.14. The molecule has 1 aliphatic rings. The van der Waals surface area contributed by atoms with Crippen LogP contribution in [0.1, 0.15) is 39.5 Å². The molecule has 0 spiro atoms. The second-order valence-corrected chi connectivity index (χ2v) is 6.71. The highest BCUT2D eigenvalue weighted by Crippen LogP contribution is 2.32. The number of nitrogens with one attached hydrogen (secondary N) is 1. The van der Waals surface area contributed by atoms with Crippen molar-refractivity contribution < 1.29 is 19.1 Å². The molecule has 2 rings (SSSR count). The fraction of sp³-hybridized carbons (Fsp3) is 0.471. The van der Waals surface area contributed by atoms with Crippen molar-refractivity contribution in [3.8, 4) is 5.75 Å². The summed E-state index contributed by atoms with van der Waals surface area (Å²) in [5, 5.41) is 3.08. The quantitative estimate of drug-likeness (QED) is 0.439. The number of ether oxygens (including phenoxy) is 1. The maximum atomic E-state index is 12.7. The molecule has 25 heavy (non-hydrogen) atoms. The van der Waals surface area contributed by atoms with Gasteiger partial charge in [-0.15, -0.1) is 0 Å². The van der Waals surface area contributed by atoms with Crippen LogP contribution in [0.3, 0.4) is 0 Å². The zero-order valence-electron chi connectivity index (χ0n) is 14.1. The van der Waals surface area contributed by atoms with Crippen LogP contribution >= 0.6 is 23.2 Å². The summed E-state index contributed by atoms with van der Waals surface area (Å²) in [7, 11) is 0. The Kier molecular flexibility index (Phi) is 6.30. The Hall–Kier alpha value is -1.79. The minimum absolute atomic E-state index is 0.0830. The van der Waals surface area contributed by atoms with Gasteiger partial charge in [0.15, 0.2) is 5.75 Å². The number of esters is 1. The molecule has 0 radical (unpaired) electrons. The highest BCUT2D eigenvalue weighted by molar-refractivity contribution is 6.43. The Bertz CT molecular complexity index is 687. The van der Waals surface area contributed by atoms with Gasteiger partial charge in [-0.25, -0.2) is 9.59 Å². The molecule has 1 aromatic carbocycles. The first-order chi connectivity index (χ1) is 11.8. The van der Waals surface area contributed by atoms with E-state index < -0.39 is 30.0 Å². The van der Waals surface area contributed by atoms with Gasteiger partial charge >= 0.3 is 12.0 Å². The monoisotopic (exact) mass is 386 g/mol. The highest BCUT2D eigenvalue weighted by atomic mass is 35.5. The number of carbonyl (C=O) groups excluding carboxylic acids is 3. The summed E-state index contributed by atoms with van der Waals surface area (Å²) in [4.78, 5) is 38.0. The third-order valence-corrected chi connectivity index (χ3v) is 4.83. The maximum Gasteiger partial charge on any atom is 0.331 e. The minimum Gasteiger partial charge on any atom is -0.424 e. The van der Waals surface area contributed by atoms with Crippen molar-refractivity contribution in [2.24, 2.45) is 0 Å². The Labute approximate surface area is 156 Å². The van der Waals surface area contributed by atoms with Crippen LogP contribution in [0.25, 0.3) is 0 Å². The summed E-state index contributed by atoms with van der Waals surface area (Å²) in [6.45, 7) is 3.40. The smallest absolute Gasteiger partial charge is 0.331 e. The summed E-state index contributed by atoms with van der Waals surface area (Å²) in [6.07, 6.45) is 2.53. The first-order valence-corrected chi connectivity index (χ1v) is 8.89. The molecule has 6 nitrogen and oxygen atoms in total. The number of rotatable bonds is 7. The Balaban J connectivity index is 2.11. The lowest BCUT2D eigenvalue weighted by molar-refractivity contribution is -0.141. The molecule has 0 bridgehead atoms. The lowest BCUT2D eigenvalue weighted by Crippen LogP contribution is -2.47. The molecule has 0 aromatic heterocycles. The van der Waals surface area contributed by atoms with Gasteiger partial charge in [0.05, 0.1) is 5.02 Å². The van der Waals surface area contributed by atoms with E-state index in [4.69, 9.17) is 27.9 Å². The van der Waals surface area contributed by atoms with Gasteiger partial charge in [-0.3, -0.25) is 9.69 Å². The van der Waals surface area contributed by atoms with Crippen molar-refractivity contribution in [2.75, 3.05) is 6.54 Å². The van der Waals surface area contributed by atoms with Crippen molar-refractivity contribution in [1.29, 1.82) is 0 Å². The van der Waals surface area contributed by atoms with E-state index in [-0.39, 0.29) is 15.8 Å². The average Bonchev–Trinajstić information content (AvgIpc) is 2.77. The summed E-state index contributed by atoms with van der Waals surface area (Å²) in [6, 6.07) is 4.04. The molecule has 1 saturated heterocycles. The molecule has 1 heterocycles. The minimum atomic E-state index is -0.936. The first kappa shape index (κ1) is 19.5. The lowest BCUT2D eigenvalue weighted by Gasteiger charge is -2.25. The van der Waals surface area contributed by atoms with Crippen molar-refractivity contribution in [1.82, 2.24) is 10.2 Å². The van der Waals surface area contributed by atoms with Gasteiger partial charge in [0.25, 0.3) is 5.91 Å². The molecule has 1 fully saturated rings. The summed E-state index contributed by atoms with van der Waals surface area (Å²) in [5.74, 6) is -1.08. The maximum absolute atomic E-state index is 12.7. The van der Waals surface area contributed by atoms with Crippen LogP contribution in [0.15, 0.2) is 18.2 Å². The molecule has 0 aliphatic carbocycles. The van der Waals surface area contributed by atoms with E-state index in [9.17, 15) is 14.4 Å². The van der Waals surface area contributed by atoms with Crippen molar-refractivity contribution in [2.45, 2.75) is 45.1 Å². The number of hydrogen-bond acceptors (Lipinski definition) is 4. The Morgan fingerprint density at radius 1 is 1.20 bits per heavy atom. The van der Waals surface area contributed by atoms with Gasteiger partial charge < -0.3 is 10.1 Å². The number of halogens is 2. The molecular formula is C17H20Cl2N2O4. The fourth-order valence-corrected chi connectivity index (χ4v) is 3.31. The van der Waals surface area contributed by atoms with Crippen LogP contribution < -0.4 is 10.1 Å². The predicted octanol–water partition coefficient (Wildman–Crippen LogP) is 3.79. The van der Waals surface area contributed by atoms with E-state index in [1.807, 2.05) is 13.8 Å². The lowest BCUT2D eigenvalue weighted by atomic mass is 9.88. The molecule has 0 atom stereocenters. The number of benzene rings is 1. The van der Waals surface area contributed by atoms with Gasteiger partial charge in [-0.05, 0) is 25.0 Å². The van der Waals surface area contributed by atoms with Crippen LogP contribution in [0.5, 0.6) is 5.75 Å². The van der Waals surface area contributed by atoms with Crippen LogP contribution in [0.2, 0.25) is 10.0 Å². The van der Waals surface area contributed by atoms with E-state index in [1.165, 1.54) is 6.07 Å². The zero-order chi connectivity index (χ0) is 18.6. The van der Waals surface area contributed by atoms with E-state index in [2.05, 4.69) is 5.32 Å². The van der Waals surface area contributed by atoms with Gasteiger partial charge in [-0.1, -0.05) is 56.0 Å². The highest BCUT2D eigenvalue weighted by Gasteiger charge is 2.50. The number of imide groups is 1. The summed E-state index contributed by atoms with van der Waals surface area (Å²) >= 11 is 11.8. The van der Waals surface area contributed by atoms with Crippen LogP contribution in [0, 0.1) is 0 Å². The van der Waals surface area contributed by atoms with Crippen molar-refractivity contribution in [3.63, 3.8) is 0 Å². The van der Waals surface area contributed by atoms with Gasteiger partial charge in [0.2, 0.25) is 0 Å². The normalized spacial score (nSPS) is 16.1. The third kappa shape index (κ3) is 4.07. The Morgan fingerprint density at radius 2 is 1.84 bits per heavy atom. The van der Waals surface area contributed by atoms with E-state index in [1.54, 1.807) is 12.1 Å². The first-order valence-electron chi connectivity index (χ1n) is 8.13. The largest absolute Gasteiger partial charge is 0.424 e. The van der Waals surface area contributed by atoms with Crippen LogP contribution in [0.4, 0.5) is 4.79 Å². The molecule has 8 heteroatoms. The van der Waals surface area contributed by atoms with E-state index in [0.717, 1.165) is 17.7 Å². The van der Waals surface area contributed by atoms with Gasteiger partial charge in [0, 0.05) is 0 Å². The molecule has 3 amide bonds. The second-order valence-electron chi connectivity index (χ2n) is 5.93. The number of nitrogens with zero attached hydrogens (tertiary/aromatic N) is 1. The van der Waals surface area contributed by atoms with Gasteiger partial charge in [-0.2, -0.15) is 0 Å². The second kappa shape index (κ2) is 8.06. The number of hydrogen-bond donors (Lipinski definition) is 1. The average molecular weight is 387 g/mol. The van der Waals surface area contributed by atoms with Gasteiger partial charge in [0.1, 0.15) is 17.1 Å². The molecule has 0 saturated carbocycles. The van der Waals surface area contributed by atoms with Crippen LogP contribution in [-0.4, -0.2) is 34.9 Å². The van der Waals surface area contributed by atoms with Crippen molar-refractivity contribution in [3.05, 3.63) is 28.2 Å². The SMILES string of the molecule is CCCC1(CCC)NC(=O)N(CC(=O)Oc2cccc(Cl)c2Cl)C1=O. The molecule has 1 aliphatic heterocycles. The van der Waals surface area contributed by atoms with E-state index >= 15 is 0 Å². The number of urea groups is 1. The van der Waals surface area contributed by atoms with E-state index in [0.29, 0.717) is 12.8 Å². The molecule has 0 unspecified atom stereocenters. The van der Waals surface area contributed by atoms with Crippen molar-refractivity contribution >= 4 is 41.1 Å². The standard InChI is InChI=1S/C17H20Cl2N2O4/c1-3-8-17(9-4-2)15(23)21(16(24)20-17)10-13(22)25-12-7-5-6-11(18)14(12)19/h5-7H,3-4,8-10H2,1-2H3,(H,20,24). The molecule has 1 aromatic rings. The number of carbonyl (C=O) groups is 3. The third-order valence-electron chi connectivity index (χ3n) is 4.03. The fourth-order valence-electron chi connectivity index (χ4n) is 2.98. The zero-order valence-corrected chi connectivity index (χ0v) is 15.6.